The zero-order valence-electron chi connectivity index (χ0n) is 7.76. The number of allylic oxidation sites excluding steroid dienone is 1. The Bertz CT molecular complexity index is 585. The molecule has 2 rings (SSSR count). The van der Waals surface area contributed by atoms with Gasteiger partial charge in [-0.3, -0.25) is 0 Å². The summed E-state index contributed by atoms with van der Waals surface area (Å²) in [5, 5.41) is 0.699. The summed E-state index contributed by atoms with van der Waals surface area (Å²) in [6, 6.07) is 5.64. The average Bonchev–Trinajstić information content (AvgIpc) is 2.43. The monoisotopic (exact) mass is 302 g/mol. The molecule has 15 heavy (non-hydrogen) atoms. The maximum absolute atomic E-state index is 5.94. The summed E-state index contributed by atoms with van der Waals surface area (Å²) < 4.78 is 3.50. The molecule has 0 radical (unpaired) electrons. The van der Waals surface area contributed by atoms with Gasteiger partial charge in [0.25, 0.3) is 0 Å². The molecule has 1 N–H and O–H groups in total. The Labute approximate surface area is 106 Å². The Morgan fingerprint density at radius 3 is 3.00 bits per heavy atom. The van der Waals surface area contributed by atoms with Gasteiger partial charge in [0, 0.05) is 9.51 Å². The van der Waals surface area contributed by atoms with Crippen molar-refractivity contribution in [3.8, 4) is 0 Å². The van der Waals surface area contributed by atoms with Gasteiger partial charge in [0.1, 0.15) is 0 Å². The summed E-state index contributed by atoms with van der Waals surface area (Å²) >= 11 is 14.5. The fraction of sp³-hybridized carbons (Fsp3) is 0.100. The highest BCUT2D eigenvalue weighted by Gasteiger charge is 2.04. The second-order valence-electron chi connectivity index (χ2n) is 3.20. The van der Waals surface area contributed by atoms with Crippen LogP contribution in [0, 0.1) is 4.77 Å². The molecule has 2 aromatic rings. The molecule has 78 valence electrons. The number of rotatable bonds is 2. The van der Waals surface area contributed by atoms with Gasteiger partial charge >= 0.3 is 0 Å². The molecular formula is C10H8BrClN2S. The lowest BCUT2D eigenvalue weighted by molar-refractivity contribution is 0.829. The van der Waals surface area contributed by atoms with Crippen molar-refractivity contribution < 1.29 is 0 Å². The largest absolute Gasteiger partial charge is 0.331 e. The third-order valence-electron chi connectivity index (χ3n) is 2.07. The number of hydrogen-bond acceptors (Lipinski definition) is 1. The Balaban J connectivity index is 2.70. The molecule has 0 saturated heterocycles. The molecule has 0 bridgehead atoms. The summed E-state index contributed by atoms with van der Waals surface area (Å²) in [6.45, 7) is 4.44. The first-order valence-corrected chi connectivity index (χ1v) is 5.87. The van der Waals surface area contributed by atoms with Gasteiger partial charge in [-0.2, -0.15) is 0 Å². The maximum Gasteiger partial charge on any atom is 0.178 e. The van der Waals surface area contributed by atoms with Gasteiger partial charge in [-0.15, -0.1) is 0 Å². The Morgan fingerprint density at radius 2 is 2.33 bits per heavy atom. The predicted octanol–water partition coefficient (Wildman–Crippen LogP) is 4.26. The van der Waals surface area contributed by atoms with Gasteiger partial charge in [0.2, 0.25) is 0 Å². The molecule has 1 heterocycles. The standard InChI is InChI=1S/C10H8BrClN2S/c1-6(11)5-14-9-4-7(12)2-3-8(9)13-10(14)15/h2-4H,1,5H2,(H,13,15). The predicted molar refractivity (Wildman–Crippen MR) is 70.2 cm³/mol. The number of nitrogens with zero attached hydrogens (tertiary/aromatic N) is 1. The second-order valence-corrected chi connectivity index (χ2v) is 5.14. The second kappa shape index (κ2) is 4.12. The molecule has 1 aromatic heterocycles. The number of aromatic amines is 1. The Morgan fingerprint density at radius 1 is 1.60 bits per heavy atom. The summed E-state index contributed by atoms with van der Waals surface area (Å²) in [5.74, 6) is 0. The average molecular weight is 304 g/mol. The van der Waals surface area contributed by atoms with Crippen molar-refractivity contribution in [2.45, 2.75) is 6.54 Å². The van der Waals surface area contributed by atoms with E-state index in [0.717, 1.165) is 15.5 Å². The van der Waals surface area contributed by atoms with Gasteiger partial charge in [0.05, 0.1) is 17.6 Å². The summed E-state index contributed by atoms with van der Waals surface area (Å²) in [7, 11) is 0. The van der Waals surface area contributed by atoms with Crippen molar-refractivity contribution in [3.05, 3.63) is 39.1 Å². The quantitative estimate of drug-likeness (QED) is 0.822. The highest BCUT2D eigenvalue weighted by Crippen LogP contribution is 2.20. The lowest BCUT2D eigenvalue weighted by Gasteiger charge is -2.02. The lowest BCUT2D eigenvalue weighted by Crippen LogP contribution is -1.96. The van der Waals surface area contributed by atoms with E-state index in [-0.39, 0.29) is 0 Å². The maximum atomic E-state index is 5.94. The van der Waals surface area contributed by atoms with Crippen LogP contribution in [0.25, 0.3) is 11.0 Å². The van der Waals surface area contributed by atoms with Crippen LogP contribution in [0.15, 0.2) is 29.3 Å². The molecule has 2 nitrogen and oxygen atoms in total. The molecule has 0 aliphatic rings. The van der Waals surface area contributed by atoms with E-state index >= 15 is 0 Å². The Kier molecular flexibility index (Phi) is 3.00. The van der Waals surface area contributed by atoms with Gasteiger partial charge in [-0.25, -0.2) is 0 Å². The molecule has 0 fully saturated rings. The third-order valence-corrected chi connectivity index (χ3v) is 2.88. The van der Waals surface area contributed by atoms with Crippen molar-refractivity contribution in [2.75, 3.05) is 0 Å². The number of aromatic nitrogens is 2. The number of nitrogens with one attached hydrogen (secondary N) is 1. The highest BCUT2D eigenvalue weighted by atomic mass is 79.9. The molecule has 0 saturated carbocycles. The number of halogens is 2. The molecule has 0 atom stereocenters. The molecule has 5 heteroatoms. The van der Waals surface area contributed by atoms with Crippen molar-refractivity contribution in [3.63, 3.8) is 0 Å². The topological polar surface area (TPSA) is 20.7 Å². The number of imidazole rings is 1. The van der Waals surface area contributed by atoms with E-state index in [4.69, 9.17) is 23.8 Å². The van der Waals surface area contributed by atoms with Crippen molar-refractivity contribution in [2.24, 2.45) is 0 Å². The normalized spacial score (nSPS) is 10.8. The first kappa shape index (κ1) is 10.9. The van der Waals surface area contributed by atoms with Crippen LogP contribution in [-0.4, -0.2) is 9.55 Å². The van der Waals surface area contributed by atoms with E-state index in [2.05, 4.69) is 27.5 Å². The zero-order valence-corrected chi connectivity index (χ0v) is 10.9. The zero-order chi connectivity index (χ0) is 11.0. The molecule has 0 spiro atoms. The number of H-pyrrole nitrogens is 1. The van der Waals surface area contributed by atoms with Gasteiger partial charge < -0.3 is 9.55 Å². The fourth-order valence-corrected chi connectivity index (χ4v) is 2.14. The summed E-state index contributed by atoms with van der Waals surface area (Å²) in [6.07, 6.45) is 0. The van der Waals surface area contributed by atoms with E-state index in [0.29, 0.717) is 16.3 Å². The van der Waals surface area contributed by atoms with Crippen molar-refractivity contribution in [1.82, 2.24) is 9.55 Å². The molecular weight excluding hydrogens is 296 g/mol. The molecule has 0 amide bonds. The summed E-state index contributed by atoms with van der Waals surface area (Å²) in [5.41, 5.74) is 1.98. The van der Waals surface area contributed by atoms with Crippen molar-refractivity contribution >= 4 is 50.8 Å². The van der Waals surface area contributed by atoms with Gasteiger partial charge in [0.15, 0.2) is 4.77 Å². The van der Waals surface area contributed by atoms with Crippen LogP contribution in [0.3, 0.4) is 0 Å². The Hall–Kier alpha value is -0.580. The summed E-state index contributed by atoms with van der Waals surface area (Å²) in [4.78, 5) is 3.12. The van der Waals surface area contributed by atoms with Gasteiger partial charge in [-0.05, 0) is 30.4 Å². The fourth-order valence-electron chi connectivity index (χ4n) is 1.45. The van der Waals surface area contributed by atoms with E-state index in [1.54, 1.807) is 0 Å². The van der Waals surface area contributed by atoms with Crippen LogP contribution in [0.2, 0.25) is 5.02 Å². The highest BCUT2D eigenvalue weighted by molar-refractivity contribution is 9.11. The lowest BCUT2D eigenvalue weighted by atomic mass is 10.3. The minimum absolute atomic E-state index is 0.638. The van der Waals surface area contributed by atoms with E-state index < -0.39 is 0 Å². The van der Waals surface area contributed by atoms with Crippen molar-refractivity contribution in [1.29, 1.82) is 0 Å². The number of fused-ring (bicyclic) bond motifs is 1. The first-order chi connectivity index (χ1) is 7.08. The third kappa shape index (κ3) is 2.17. The minimum Gasteiger partial charge on any atom is -0.331 e. The SMILES string of the molecule is C=C(Br)Cn1c(=S)[nH]c2ccc(Cl)cc21. The first-order valence-electron chi connectivity index (χ1n) is 4.29. The van der Waals surface area contributed by atoms with Crippen LogP contribution >= 0.6 is 39.7 Å². The molecule has 0 aliphatic heterocycles. The molecule has 0 unspecified atom stereocenters. The van der Waals surface area contributed by atoms with E-state index in [9.17, 15) is 0 Å². The minimum atomic E-state index is 0.638. The van der Waals surface area contributed by atoms with Crippen LogP contribution in [-0.2, 0) is 6.54 Å². The van der Waals surface area contributed by atoms with Crippen LogP contribution in [0.5, 0.6) is 0 Å². The molecule has 1 aromatic carbocycles. The van der Waals surface area contributed by atoms with Crippen LogP contribution in [0.1, 0.15) is 0 Å². The van der Waals surface area contributed by atoms with Gasteiger partial charge in [-0.1, -0.05) is 34.1 Å². The van der Waals surface area contributed by atoms with E-state index in [1.807, 2.05) is 22.8 Å². The van der Waals surface area contributed by atoms with E-state index in [1.165, 1.54) is 0 Å². The van der Waals surface area contributed by atoms with Crippen LogP contribution in [0.4, 0.5) is 0 Å². The molecule has 0 aliphatic carbocycles. The smallest absolute Gasteiger partial charge is 0.178 e. The van der Waals surface area contributed by atoms with Crippen LogP contribution < -0.4 is 0 Å². The number of hydrogen-bond donors (Lipinski definition) is 1. The number of benzene rings is 1.